The second kappa shape index (κ2) is 8.17. The van der Waals surface area contributed by atoms with E-state index in [4.69, 9.17) is 0 Å². The predicted molar refractivity (Wildman–Crippen MR) is 109 cm³/mol. The molecule has 0 aromatic carbocycles. The van der Waals surface area contributed by atoms with Crippen LogP contribution in [0.1, 0.15) is 52.5 Å². The summed E-state index contributed by atoms with van der Waals surface area (Å²) in [5.41, 5.74) is 0.979. The maximum atomic E-state index is 12.8. The zero-order valence-electron chi connectivity index (χ0n) is 17.4. The smallest absolute Gasteiger partial charge is 0.237 e. The quantitative estimate of drug-likeness (QED) is 0.707. The number of hydrogen-bond donors (Lipinski definition) is 3. The van der Waals surface area contributed by atoms with Crippen molar-refractivity contribution in [2.24, 2.45) is 0 Å². The number of nitrogens with zero attached hydrogens (tertiary/aromatic N) is 2. The van der Waals surface area contributed by atoms with Crippen molar-refractivity contribution in [3.05, 3.63) is 30.1 Å². The second-order valence-electron chi connectivity index (χ2n) is 9.41. The second-order valence-corrected chi connectivity index (χ2v) is 9.41. The fourth-order valence-corrected chi connectivity index (χ4v) is 4.79. The van der Waals surface area contributed by atoms with Crippen LogP contribution >= 0.6 is 0 Å². The molecule has 3 N–H and O–H groups in total. The number of carbonyl (C=O) groups excluding carboxylic acids is 2. The van der Waals surface area contributed by atoms with Crippen molar-refractivity contribution in [3.63, 3.8) is 0 Å². The molecule has 28 heavy (non-hydrogen) atoms. The van der Waals surface area contributed by atoms with Gasteiger partial charge in [-0.05, 0) is 52.2 Å². The molecular weight excluding hydrogens is 354 g/mol. The van der Waals surface area contributed by atoms with Crippen LogP contribution in [0, 0.1) is 0 Å². The lowest BCUT2D eigenvalue weighted by atomic mass is 9.79. The van der Waals surface area contributed by atoms with Gasteiger partial charge in [-0.25, -0.2) is 0 Å². The molecule has 0 saturated carbocycles. The molecule has 3 heterocycles. The summed E-state index contributed by atoms with van der Waals surface area (Å²) in [6.45, 7) is 10.6. The average Bonchev–Trinajstić information content (AvgIpc) is 2.56. The van der Waals surface area contributed by atoms with Gasteiger partial charge in [0.15, 0.2) is 0 Å². The number of amides is 2. The number of nitrogens with one attached hydrogen (secondary N) is 3. The van der Waals surface area contributed by atoms with Gasteiger partial charge in [0, 0.05) is 49.1 Å². The number of rotatable bonds is 5. The van der Waals surface area contributed by atoms with E-state index in [0.717, 1.165) is 24.9 Å². The summed E-state index contributed by atoms with van der Waals surface area (Å²) in [5, 5.41) is 9.71. The Morgan fingerprint density at radius 1 is 1.29 bits per heavy atom. The first-order chi connectivity index (χ1) is 13.1. The molecule has 1 atom stereocenters. The first-order valence-corrected chi connectivity index (χ1v) is 10.1. The summed E-state index contributed by atoms with van der Waals surface area (Å²) >= 11 is 0. The molecule has 1 aromatic heterocycles. The molecule has 154 valence electrons. The van der Waals surface area contributed by atoms with Crippen LogP contribution in [0.2, 0.25) is 0 Å². The molecule has 1 aromatic rings. The minimum absolute atomic E-state index is 0.0335. The molecule has 2 aliphatic rings. The van der Waals surface area contributed by atoms with E-state index >= 15 is 0 Å². The van der Waals surface area contributed by atoms with Crippen LogP contribution in [0.15, 0.2) is 24.5 Å². The highest BCUT2D eigenvalue weighted by atomic mass is 16.2. The van der Waals surface area contributed by atoms with Crippen molar-refractivity contribution < 1.29 is 9.59 Å². The van der Waals surface area contributed by atoms with E-state index in [1.807, 2.05) is 18.3 Å². The summed E-state index contributed by atoms with van der Waals surface area (Å²) in [6, 6.07) is 3.55. The zero-order valence-corrected chi connectivity index (χ0v) is 17.4. The average molecular weight is 388 g/mol. The fraction of sp³-hybridized carbons (Fsp3) is 0.667. The van der Waals surface area contributed by atoms with Crippen molar-refractivity contribution in [1.29, 1.82) is 0 Å². The molecule has 2 saturated heterocycles. The molecule has 0 bridgehead atoms. The van der Waals surface area contributed by atoms with Crippen molar-refractivity contribution in [2.75, 3.05) is 13.1 Å². The summed E-state index contributed by atoms with van der Waals surface area (Å²) in [6.07, 6.45) is 5.47. The van der Waals surface area contributed by atoms with E-state index in [1.165, 1.54) is 0 Å². The van der Waals surface area contributed by atoms with E-state index < -0.39 is 6.04 Å². The SMILES string of the molecule is CC1(C)CC(NC(=O)CC2C(=O)NCCN2Cc2cccnc2)CC(C)(C)N1. The van der Waals surface area contributed by atoms with E-state index in [9.17, 15) is 9.59 Å². The van der Waals surface area contributed by atoms with Crippen molar-refractivity contribution >= 4 is 11.8 Å². The van der Waals surface area contributed by atoms with Gasteiger partial charge in [-0.3, -0.25) is 19.5 Å². The van der Waals surface area contributed by atoms with E-state index in [1.54, 1.807) is 6.20 Å². The molecule has 1 unspecified atom stereocenters. The Hall–Kier alpha value is -1.99. The van der Waals surface area contributed by atoms with Crippen LogP contribution in [0.5, 0.6) is 0 Å². The Kier molecular flexibility index (Phi) is 6.05. The lowest BCUT2D eigenvalue weighted by Gasteiger charge is -2.46. The van der Waals surface area contributed by atoms with Crippen LogP contribution in [-0.4, -0.2) is 57.9 Å². The normalized spacial score (nSPS) is 25.1. The maximum absolute atomic E-state index is 12.8. The van der Waals surface area contributed by atoms with Gasteiger partial charge in [-0.15, -0.1) is 0 Å². The van der Waals surface area contributed by atoms with Crippen LogP contribution in [-0.2, 0) is 16.1 Å². The Morgan fingerprint density at radius 3 is 2.64 bits per heavy atom. The maximum Gasteiger partial charge on any atom is 0.237 e. The topological polar surface area (TPSA) is 86.4 Å². The summed E-state index contributed by atoms with van der Waals surface area (Å²) < 4.78 is 0. The van der Waals surface area contributed by atoms with Crippen LogP contribution in [0.4, 0.5) is 0 Å². The molecule has 7 nitrogen and oxygen atoms in total. The lowest BCUT2D eigenvalue weighted by molar-refractivity contribution is -0.134. The highest BCUT2D eigenvalue weighted by Crippen LogP contribution is 2.28. The van der Waals surface area contributed by atoms with Gasteiger partial charge in [-0.1, -0.05) is 6.07 Å². The van der Waals surface area contributed by atoms with Gasteiger partial charge in [0.05, 0.1) is 12.5 Å². The highest BCUT2D eigenvalue weighted by Gasteiger charge is 2.39. The van der Waals surface area contributed by atoms with Crippen LogP contribution < -0.4 is 16.0 Å². The van der Waals surface area contributed by atoms with Crippen molar-refractivity contribution in [2.45, 2.75) is 76.7 Å². The summed E-state index contributed by atoms with van der Waals surface area (Å²) in [7, 11) is 0. The molecule has 3 rings (SSSR count). The minimum atomic E-state index is -0.448. The number of piperazine rings is 1. The van der Waals surface area contributed by atoms with E-state index in [-0.39, 0.29) is 35.4 Å². The Morgan fingerprint density at radius 2 is 2.00 bits per heavy atom. The predicted octanol–water partition coefficient (Wildman–Crippen LogP) is 1.20. The molecule has 2 fully saturated rings. The van der Waals surface area contributed by atoms with Gasteiger partial charge < -0.3 is 16.0 Å². The largest absolute Gasteiger partial charge is 0.353 e. The molecule has 2 amide bonds. The molecule has 0 spiro atoms. The minimum Gasteiger partial charge on any atom is -0.353 e. The Labute approximate surface area is 167 Å². The molecule has 0 radical (unpaired) electrons. The monoisotopic (exact) mass is 387 g/mol. The van der Waals surface area contributed by atoms with Crippen molar-refractivity contribution in [1.82, 2.24) is 25.8 Å². The van der Waals surface area contributed by atoms with Crippen molar-refractivity contribution in [3.8, 4) is 0 Å². The van der Waals surface area contributed by atoms with Gasteiger partial charge in [0.25, 0.3) is 0 Å². The lowest BCUT2D eigenvalue weighted by Crippen LogP contribution is -2.62. The first-order valence-electron chi connectivity index (χ1n) is 10.1. The molecular formula is C21H33N5O2. The number of pyridine rings is 1. The number of hydrogen-bond acceptors (Lipinski definition) is 5. The van der Waals surface area contributed by atoms with Gasteiger partial charge in [0.2, 0.25) is 11.8 Å². The van der Waals surface area contributed by atoms with Crippen LogP contribution in [0.25, 0.3) is 0 Å². The summed E-state index contributed by atoms with van der Waals surface area (Å²) in [5.74, 6) is -0.131. The van der Waals surface area contributed by atoms with Gasteiger partial charge in [-0.2, -0.15) is 0 Å². The van der Waals surface area contributed by atoms with Gasteiger partial charge in [0.1, 0.15) is 0 Å². The Bertz CT molecular complexity index is 688. The number of piperidine rings is 1. The fourth-order valence-electron chi connectivity index (χ4n) is 4.79. The molecule has 2 aliphatic heterocycles. The van der Waals surface area contributed by atoms with Gasteiger partial charge >= 0.3 is 0 Å². The van der Waals surface area contributed by atoms with E-state index in [2.05, 4.69) is 53.5 Å². The van der Waals surface area contributed by atoms with E-state index in [0.29, 0.717) is 13.1 Å². The Balaban J connectivity index is 1.62. The summed E-state index contributed by atoms with van der Waals surface area (Å²) in [4.78, 5) is 31.5. The standard InChI is InChI=1S/C21H33N5O2/c1-20(2)11-16(12-21(3,4)25-20)24-18(27)10-17-19(28)23-8-9-26(17)14-15-6-5-7-22-13-15/h5-7,13,16-17,25H,8-12,14H2,1-4H3,(H,23,28)(H,24,27). The third-order valence-corrected chi connectivity index (χ3v) is 5.48. The van der Waals surface area contributed by atoms with Crippen LogP contribution in [0.3, 0.4) is 0 Å². The third kappa shape index (κ3) is 5.52. The first kappa shape index (κ1) is 20.7. The number of carbonyl (C=O) groups is 2. The third-order valence-electron chi connectivity index (χ3n) is 5.48. The molecule has 0 aliphatic carbocycles. The molecule has 7 heteroatoms. The highest BCUT2D eigenvalue weighted by molar-refractivity contribution is 5.88. The zero-order chi connectivity index (χ0) is 20.4. The number of aromatic nitrogens is 1.